The lowest BCUT2D eigenvalue weighted by Gasteiger charge is -2.14. The van der Waals surface area contributed by atoms with Gasteiger partial charge in [0.1, 0.15) is 17.3 Å². The highest BCUT2D eigenvalue weighted by Gasteiger charge is 2.11. The Morgan fingerprint density at radius 1 is 1.19 bits per heavy atom. The normalized spacial score (nSPS) is 10.8. The van der Waals surface area contributed by atoms with E-state index in [0.29, 0.717) is 18.0 Å². The zero-order valence-electron chi connectivity index (χ0n) is 11.6. The molecule has 0 bridgehead atoms. The largest absolute Gasteiger partial charge is 0.456 e. The summed E-state index contributed by atoms with van der Waals surface area (Å²) in [5.41, 5.74) is 8.17. The number of hydrogen-bond acceptors (Lipinski definition) is 3. The van der Waals surface area contributed by atoms with Crippen LogP contribution in [0.15, 0.2) is 48.7 Å². The van der Waals surface area contributed by atoms with Gasteiger partial charge >= 0.3 is 0 Å². The Morgan fingerprint density at radius 3 is 2.76 bits per heavy atom. The highest BCUT2D eigenvalue weighted by atomic mass is 19.1. The van der Waals surface area contributed by atoms with Gasteiger partial charge in [0.25, 0.3) is 0 Å². The number of hydrogen-bond donors (Lipinski definition) is 1. The molecule has 0 aliphatic rings. The molecule has 0 aliphatic heterocycles. The first-order valence-corrected chi connectivity index (χ1v) is 6.69. The van der Waals surface area contributed by atoms with Gasteiger partial charge in [-0.3, -0.25) is 4.98 Å². The van der Waals surface area contributed by atoms with Gasteiger partial charge < -0.3 is 10.5 Å². The first kappa shape index (κ1) is 13.5. The number of nitrogens with two attached hydrogens (primary N) is 1. The third-order valence-corrected chi connectivity index (χ3v) is 3.37. The summed E-state index contributed by atoms with van der Waals surface area (Å²) in [7, 11) is 0. The number of halogens is 1. The first-order chi connectivity index (χ1) is 10.2. The molecule has 0 radical (unpaired) electrons. The van der Waals surface area contributed by atoms with Gasteiger partial charge in [-0.2, -0.15) is 0 Å². The molecule has 3 aromatic rings. The van der Waals surface area contributed by atoms with Crippen molar-refractivity contribution in [3.8, 4) is 11.5 Å². The summed E-state index contributed by atoms with van der Waals surface area (Å²) in [6, 6.07) is 12.2. The van der Waals surface area contributed by atoms with E-state index < -0.39 is 0 Å². The maximum atomic E-state index is 13.2. The Labute approximate surface area is 122 Å². The van der Waals surface area contributed by atoms with Crippen molar-refractivity contribution in [1.29, 1.82) is 0 Å². The molecule has 2 N–H and O–H groups in total. The number of rotatable bonds is 3. The second-order valence-electron chi connectivity index (χ2n) is 4.85. The fourth-order valence-corrected chi connectivity index (χ4v) is 2.26. The Bertz CT molecular complexity index is 802. The second-order valence-corrected chi connectivity index (χ2v) is 4.85. The van der Waals surface area contributed by atoms with E-state index in [-0.39, 0.29) is 5.82 Å². The fraction of sp³-hybridized carbons (Fsp3) is 0.118. The van der Waals surface area contributed by atoms with Gasteiger partial charge in [0.2, 0.25) is 0 Å². The first-order valence-electron chi connectivity index (χ1n) is 6.69. The minimum atomic E-state index is -0.279. The summed E-state index contributed by atoms with van der Waals surface area (Å²) >= 11 is 0. The van der Waals surface area contributed by atoms with Crippen LogP contribution in [-0.2, 0) is 6.54 Å². The average molecular weight is 282 g/mol. The molecule has 0 saturated heterocycles. The van der Waals surface area contributed by atoms with Crippen LogP contribution in [0.5, 0.6) is 11.5 Å². The highest BCUT2D eigenvalue weighted by molar-refractivity contribution is 5.86. The SMILES string of the molecule is Cc1cc(F)ccc1Oc1c(CN)cnc2ccccc12. The van der Waals surface area contributed by atoms with Crippen LogP contribution in [-0.4, -0.2) is 4.98 Å². The van der Waals surface area contributed by atoms with Gasteiger partial charge in [-0.05, 0) is 42.8 Å². The molecular formula is C17H15FN2O. The van der Waals surface area contributed by atoms with Crippen LogP contribution < -0.4 is 10.5 Å². The van der Waals surface area contributed by atoms with Crippen LogP contribution in [0.4, 0.5) is 4.39 Å². The molecule has 3 nitrogen and oxygen atoms in total. The van der Waals surface area contributed by atoms with Crippen molar-refractivity contribution < 1.29 is 9.13 Å². The van der Waals surface area contributed by atoms with E-state index in [1.54, 1.807) is 12.3 Å². The summed E-state index contributed by atoms with van der Waals surface area (Å²) in [6.07, 6.45) is 1.72. The zero-order chi connectivity index (χ0) is 14.8. The molecule has 0 unspecified atom stereocenters. The van der Waals surface area contributed by atoms with Crippen LogP contribution in [0.1, 0.15) is 11.1 Å². The van der Waals surface area contributed by atoms with Crippen molar-refractivity contribution in [2.75, 3.05) is 0 Å². The molecule has 21 heavy (non-hydrogen) atoms. The van der Waals surface area contributed by atoms with E-state index >= 15 is 0 Å². The Kier molecular flexibility index (Phi) is 3.54. The van der Waals surface area contributed by atoms with E-state index in [1.165, 1.54) is 12.1 Å². The second kappa shape index (κ2) is 5.50. The van der Waals surface area contributed by atoms with Gasteiger partial charge in [0, 0.05) is 23.7 Å². The maximum Gasteiger partial charge on any atom is 0.142 e. The van der Waals surface area contributed by atoms with Crippen LogP contribution >= 0.6 is 0 Å². The van der Waals surface area contributed by atoms with Crippen LogP contribution in [0, 0.1) is 12.7 Å². The van der Waals surface area contributed by atoms with E-state index in [2.05, 4.69) is 4.98 Å². The smallest absolute Gasteiger partial charge is 0.142 e. The molecule has 0 atom stereocenters. The molecule has 0 amide bonds. The topological polar surface area (TPSA) is 48.1 Å². The molecule has 2 aromatic carbocycles. The number of nitrogens with zero attached hydrogens (tertiary/aromatic N) is 1. The number of para-hydroxylation sites is 1. The third-order valence-electron chi connectivity index (χ3n) is 3.37. The number of benzene rings is 2. The predicted octanol–water partition coefficient (Wildman–Crippen LogP) is 3.93. The van der Waals surface area contributed by atoms with Crippen LogP contribution in [0.2, 0.25) is 0 Å². The lowest BCUT2D eigenvalue weighted by Crippen LogP contribution is -2.02. The van der Waals surface area contributed by atoms with E-state index in [0.717, 1.165) is 22.0 Å². The molecule has 4 heteroatoms. The number of fused-ring (bicyclic) bond motifs is 1. The van der Waals surface area contributed by atoms with E-state index in [4.69, 9.17) is 10.5 Å². The van der Waals surface area contributed by atoms with Crippen molar-refractivity contribution in [1.82, 2.24) is 4.98 Å². The number of aryl methyl sites for hydroxylation is 1. The predicted molar refractivity (Wildman–Crippen MR) is 80.8 cm³/mol. The lowest BCUT2D eigenvalue weighted by molar-refractivity contribution is 0.475. The summed E-state index contributed by atoms with van der Waals surface area (Å²) in [6.45, 7) is 2.14. The third kappa shape index (κ3) is 2.58. The van der Waals surface area contributed by atoms with Gasteiger partial charge in [0.15, 0.2) is 0 Å². The van der Waals surface area contributed by atoms with Crippen molar-refractivity contribution in [2.45, 2.75) is 13.5 Å². The molecule has 1 heterocycles. The molecule has 1 aromatic heterocycles. The van der Waals surface area contributed by atoms with Crippen molar-refractivity contribution in [2.24, 2.45) is 5.73 Å². The molecule has 0 aliphatic carbocycles. The number of aromatic nitrogens is 1. The van der Waals surface area contributed by atoms with E-state index in [9.17, 15) is 4.39 Å². The molecule has 106 valence electrons. The van der Waals surface area contributed by atoms with Crippen LogP contribution in [0.3, 0.4) is 0 Å². The van der Waals surface area contributed by atoms with Gasteiger partial charge in [0.05, 0.1) is 5.52 Å². The Morgan fingerprint density at radius 2 is 2.00 bits per heavy atom. The van der Waals surface area contributed by atoms with Crippen molar-refractivity contribution in [3.05, 3.63) is 65.6 Å². The quantitative estimate of drug-likeness (QED) is 0.791. The summed E-state index contributed by atoms with van der Waals surface area (Å²) in [4.78, 5) is 4.37. The van der Waals surface area contributed by atoms with Gasteiger partial charge in [-0.1, -0.05) is 12.1 Å². The van der Waals surface area contributed by atoms with Crippen molar-refractivity contribution in [3.63, 3.8) is 0 Å². The van der Waals surface area contributed by atoms with Crippen LogP contribution in [0.25, 0.3) is 10.9 Å². The molecule has 0 fully saturated rings. The minimum Gasteiger partial charge on any atom is -0.456 e. The Balaban J connectivity index is 2.14. The lowest BCUT2D eigenvalue weighted by atomic mass is 10.1. The molecule has 0 spiro atoms. The minimum absolute atomic E-state index is 0.279. The van der Waals surface area contributed by atoms with E-state index in [1.807, 2.05) is 31.2 Å². The summed E-state index contributed by atoms with van der Waals surface area (Å²) in [5, 5.41) is 0.893. The molecule has 3 rings (SSSR count). The maximum absolute atomic E-state index is 13.2. The van der Waals surface area contributed by atoms with Gasteiger partial charge in [-0.25, -0.2) is 4.39 Å². The van der Waals surface area contributed by atoms with Gasteiger partial charge in [-0.15, -0.1) is 0 Å². The van der Waals surface area contributed by atoms with Crippen molar-refractivity contribution >= 4 is 10.9 Å². The summed E-state index contributed by atoms with van der Waals surface area (Å²) in [5.74, 6) is 1.01. The average Bonchev–Trinajstić information content (AvgIpc) is 2.50. The fourth-order valence-electron chi connectivity index (χ4n) is 2.26. The zero-order valence-corrected chi connectivity index (χ0v) is 11.6. The number of pyridine rings is 1. The summed E-state index contributed by atoms with van der Waals surface area (Å²) < 4.78 is 19.2. The Hall–Kier alpha value is -2.46. The molecular weight excluding hydrogens is 267 g/mol. The monoisotopic (exact) mass is 282 g/mol. The molecule has 0 saturated carbocycles. The standard InChI is InChI=1S/C17H15FN2O/c1-11-8-13(18)6-7-16(11)21-17-12(9-19)10-20-15-5-3-2-4-14(15)17/h2-8,10H,9,19H2,1H3. The number of ether oxygens (including phenoxy) is 1. The highest BCUT2D eigenvalue weighted by Crippen LogP contribution is 2.33.